The predicted octanol–water partition coefficient (Wildman–Crippen LogP) is 0.361. The van der Waals surface area contributed by atoms with E-state index in [0.29, 0.717) is 72.6 Å². The number of hydrogen-bond acceptors (Lipinski definition) is 8. The van der Waals surface area contributed by atoms with Gasteiger partial charge < -0.3 is 34.3 Å². The Morgan fingerprint density at radius 3 is 1.46 bits per heavy atom. The summed E-state index contributed by atoms with van der Waals surface area (Å²) in [6, 6.07) is 0. The van der Waals surface area contributed by atoms with E-state index in [2.05, 4.69) is 10.6 Å². The third-order valence-electron chi connectivity index (χ3n) is 2.69. The monoisotopic (exact) mass is 368 g/mol. The summed E-state index contributed by atoms with van der Waals surface area (Å²) in [5.41, 5.74) is 0. The van der Waals surface area contributed by atoms with Gasteiger partial charge in [-0.25, -0.2) is 0 Å². The molecule has 0 unspecified atom stereocenters. The minimum atomic E-state index is -0.0442. The molecule has 1 amide bonds. The van der Waals surface area contributed by atoms with Crippen LogP contribution >= 0.6 is 11.8 Å². The Morgan fingerprint density at radius 2 is 1.08 bits per heavy atom. The average molecular weight is 368 g/mol. The molecule has 9 heteroatoms. The Bertz CT molecular complexity index is 274. The smallest absolute Gasteiger partial charge is 0.278 e. The third kappa shape index (κ3) is 19.6. The topological polar surface area (TPSA) is 87.3 Å². The lowest BCUT2D eigenvalue weighted by Crippen LogP contribution is -2.24. The van der Waals surface area contributed by atoms with Crippen LogP contribution in [0.3, 0.4) is 0 Å². The standard InChI is InChI=1S/C15H32N2O6S/c1-16-3-5-19-7-9-21-11-13-23-14-12-22-10-8-20-6-4-17-15(18)24-2/h16H,3-14H2,1-2H3,(H,17,18). The van der Waals surface area contributed by atoms with Crippen LogP contribution in [0.25, 0.3) is 0 Å². The van der Waals surface area contributed by atoms with Crippen molar-refractivity contribution in [3.05, 3.63) is 0 Å². The molecule has 0 aromatic rings. The molecule has 0 aliphatic rings. The van der Waals surface area contributed by atoms with Crippen molar-refractivity contribution in [3.63, 3.8) is 0 Å². The van der Waals surface area contributed by atoms with Crippen molar-refractivity contribution in [2.45, 2.75) is 0 Å². The molecule has 0 fully saturated rings. The van der Waals surface area contributed by atoms with Crippen molar-refractivity contribution in [3.8, 4) is 0 Å². The fourth-order valence-electron chi connectivity index (χ4n) is 1.45. The van der Waals surface area contributed by atoms with Crippen LogP contribution in [0.5, 0.6) is 0 Å². The van der Waals surface area contributed by atoms with E-state index >= 15 is 0 Å². The SMILES string of the molecule is CNCCOCCOCCOCCOCCOCCNC(=O)SC. The van der Waals surface area contributed by atoms with Crippen LogP contribution in [0, 0.1) is 0 Å². The molecule has 0 aliphatic heterocycles. The zero-order valence-electron chi connectivity index (χ0n) is 14.8. The molecular formula is C15H32N2O6S. The van der Waals surface area contributed by atoms with Gasteiger partial charge in [0, 0.05) is 13.1 Å². The molecule has 0 radical (unpaired) electrons. The van der Waals surface area contributed by atoms with Crippen LogP contribution in [0.4, 0.5) is 4.79 Å². The molecule has 0 heterocycles. The van der Waals surface area contributed by atoms with Crippen LogP contribution < -0.4 is 10.6 Å². The van der Waals surface area contributed by atoms with Crippen molar-refractivity contribution < 1.29 is 28.5 Å². The lowest BCUT2D eigenvalue weighted by Gasteiger charge is -2.08. The summed E-state index contributed by atoms with van der Waals surface area (Å²) in [4.78, 5) is 10.9. The zero-order valence-corrected chi connectivity index (χ0v) is 15.7. The molecule has 144 valence electrons. The highest BCUT2D eigenvalue weighted by Gasteiger charge is 1.96. The molecule has 0 saturated heterocycles. The van der Waals surface area contributed by atoms with Gasteiger partial charge in [-0.05, 0) is 13.3 Å². The number of nitrogens with one attached hydrogen (secondary N) is 2. The zero-order chi connectivity index (χ0) is 17.7. The molecule has 0 aliphatic carbocycles. The predicted molar refractivity (Wildman–Crippen MR) is 94.9 cm³/mol. The number of carbonyl (C=O) groups excluding carboxylic acids is 1. The first kappa shape index (κ1) is 23.6. The van der Waals surface area contributed by atoms with Gasteiger partial charge in [-0.2, -0.15) is 0 Å². The molecule has 0 aromatic heterocycles. The van der Waals surface area contributed by atoms with Crippen molar-refractivity contribution >= 4 is 17.0 Å². The number of hydrogen-bond donors (Lipinski definition) is 2. The largest absolute Gasteiger partial charge is 0.378 e. The molecule has 0 atom stereocenters. The normalized spacial score (nSPS) is 10.9. The lowest BCUT2D eigenvalue weighted by molar-refractivity contribution is -0.0104. The van der Waals surface area contributed by atoms with Crippen LogP contribution in [0.1, 0.15) is 0 Å². The van der Waals surface area contributed by atoms with Crippen LogP contribution in [0.15, 0.2) is 0 Å². The van der Waals surface area contributed by atoms with Gasteiger partial charge in [-0.3, -0.25) is 4.79 Å². The second-order valence-electron chi connectivity index (χ2n) is 4.58. The Labute approximate surface area is 149 Å². The van der Waals surface area contributed by atoms with E-state index in [-0.39, 0.29) is 5.24 Å². The molecule has 8 nitrogen and oxygen atoms in total. The quantitative estimate of drug-likeness (QED) is 0.335. The van der Waals surface area contributed by atoms with Crippen LogP contribution in [-0.4, -0.2) is 97.7 Å². The van der Waals surface area contributed by atoms with E-state index < -0.39 is 0 Å². The second kappa shape index (κ2) is 20.6. The number of rotatable bonds is 18. The maximum absolute atomic E-state index is 10.9. The summed E-state index contributed by atoms with van der Waals surface area (Å²) in [6.07, 6.45) is 1.74. The summed E-state index contributed by atoms with van der Waals surface area (Å²) in [7, 11) is 1.89. The molecule has 0 spiro atoms. The summed E-state index contributed by atoms with van der Waals surface area (Å²) in [5.74, 6) is 0. The van der Waals surface area contributed by atoms with Gasteiger partial charge in [-0.15, -0.1) is 0 Å². The molecule has 2 N–H and O–H groups in total. The van der Waals surface area contributed by atoms with Gasteiger partial charge in [0.25, 0.3) is 5.24 Å². The number of amides is 1. The number of ether oxygens (including phenoxy) is 5. The lowest BCUT2D eigenvalue weighted by atomic mass is 10.6. The van der Waals surface area contributed by atoms with Gasteiger partial charge in [0.2, 0.25) is 0 Å². The summed E-state index contributed by atoms with van der Waals surface area (Å²) in [5, 5.41) is 5.66. The third-order valence-corrected chi connectivity index (χ3v) is 3.20. The molecule has 0 aromatic carbocycles. The Balaban J connectivity index is 2.99. The first-order valence-electron chi connectivity index (χ1n) is 8.16. The van der Waals surface area contributed by atoms with Gasteiger partial charge in [0.1, 0.15) is 0 Å². The number of carbonyl (C=O) groups is 1. The fraction of sp³-hybridized carbons (Fsp3) is 0.933. The van der Waals surface area contributed by atoms with Gasteiger partial charge in [0.05, 0.1) is 66.1 Å². The Kier molecular flexibility index (Phi) is 20.3. The van der Waals surface area contributed by atoms with Gasteiger partial charge in [-0.1, -0.05) is 11.8 Å². The first-order valence-corrected chi connectivity index (χ1v) is 9.39. The molecule has 0 rings (SSSR count). The van der Waals surface area contributed by atoms with E-state index in [1.807, 2.05) is 7.05 Å². The Morgan fingerprint density at radius 1 is 0.708 bits per heavy atom. The fourth-order valence-corrected chi connectivity index (χ4v) is 1.70. The van der Waals surface area contributed by atoms with E-state index in [9.17, 15) is 4.79 Å². The van der Waals surface area contributed by atoms with E-state index in [1.165, 1.54) is 0 Å². The number of thioether (sulfide) groups is 1. The second-order valence-corrected chi connectivity index (χ2v) is 5.36. The van der Waals surface area contributed by atoms with E-state index in [1.54, 1.807) is 6.26 Å². The first-order chi connectivity index (χ1) is 11.8. The number of likely N-dealkylation sites (N-methyl/N-ethyl adjacent to an activating group) is 1. The minimum Gasteiger partial charge on any atom is -0.378 e. The molecular weight excluding hydrogens is 336 g/mol. The summed E-state index contributed by atoms with van der Waals surface area (Å²) >= 11 is 1.15. The molecule has 0 saturated carbocycles. The summed E-state index contributed by atoms with van der Waals surface area (Å²) < 4.78 is 26.7. The maximum Gasteiger partial charge on any atom is 0.278 e. The highest BCUT2D eigenvalue weighted by molar-refractivity contribution is 8.12. The van der Waals surface area contributed by atoms with Gasteiger partial charge >= 0.3 is 0 Å². The van der Waals surface area contributed by atoms with E-state index in [4.69, 9.17) is 23.7 Å². The summed E-state index contributed by atoms with van der Waals surface area (Å²) in [6.45, 7) is 6.92. The van der Waals surface area contributed by atoms with E-state index in [0.717, 1.165) is 18.3 Å². The average Bonchev–Trinajstić information content (AvgIpc) is 2.60. The maximum atomic E-state index is 10.9. The van der Waals surface area contributed by atoms with Crippen LogP contribution in [-0.2, 0) is 23.7 Å². The van der Waals surface area contributed by atoms with Crippen molar-refractivity contribution in [2.24, 2.45) is 0 Å². The Hall–Kier alpha value is -0.420. The van der Waals surface area contributed by atoms with Crippen molar-refractivity contribution in [2.75, 3.05) is 92.5 Å². The molecule has 0 bridgehead atoms. The highest BCUT2D eigenvalue weighted by Crippen LogP contribution is 1.91. The van der Waals surface area contributed by atoms with Crippen molar-refractivity contribution in [1.82, 2.24) is 10.6 Å². The minimum absolute atomic E-state index is 0.0442. The van der Waals surface area contributed by atoms with Crippen molar-refractivity contribution in [1.29, 1.82) is 0 Å². The molecule has 24 heavy (non-hydrogen) atoms. The van der Waals surface area contributed by atoms with Crippen LogP contribution in [0.2, 0.25) is 0 Å². The highest BCUT2D eigenvalue weighted by atomic mass is 32.2. The van der Waals surface area contributed by atoms with Gasteiger partial charge in [0.15, 0.2) is 0 Å².